The van der Waals surface area contributed by atoms with Crippen molar-refractivity contribution in [3.05, 3.63) is 94.8 Å². The van der Waals surface area contributed by atoms with Crippen molar-refractivity contribution in [3.8, 4) is 28.5 Å². The van der Waals surface area contributed by atoms with Gasteiger partial charge in [0, 0.05) is 69.6 Å². The van der Waals surface area contributed by atoms with Crippen molar-refractivity contribution in [1.82, 2.24) is 15.0 Å². The molecule has 206 valence electrons. The molecule has 0 fully saturated rings. The minimum Gasteiger partial charge on any atom is -0.455 e. The van der Waals surface area contributed by atoms with Gasteiger partial charge in [-0.15, -0.1) is 0 Å². The lowest BCUT2D eigenvalue weighted by molar-refractivity contribution is 0.600. The van der Waals surface area contributed by atoms with Gasteiger partial charge in [-0.1, -0.05) is 6.07 Å². The molecule has 0 unspecified atom stereocenters. The Morgan fingerprint density at radius 2 is 1.76 bits per heavy atom. The lowest BCUT2D eigenvalue weighted by Gasteiger charge is -2.20. The molecular weight excluding hydrogens is 557 g/mol. The Balaban J connectivity index is 1.50. The summed E-state index contributed by atoms with van der Waals surface area (Å²) < 4.78 is 46.5. The van der Waals surface area contributed by atoms with Gasteiger partial charge in [0.2, 0.25) is 10.0 Å². The summed E-state index contributed by atoms with van der Waals surface area (Å²) in [5.41, 5.74) is 4.57. The quantitative estimate of drug-likeness (QED) is 0.262. The van der Waals surface area contributed by atoms with Gasteiger partial charge in [0.25, 0.3) is 5.56 Å². The van der Waals surface area contributed by atoms with Crippen LogP contribution in [-0.2, 0) is 10.0 Å². The van der Waals surface area contributed by atoms with E-state index in [1.807, 2.05) is 18.2 Å². The Labute approximate surface area is 237 Å². The maximum absolute atomic E-state index is 13.9. The Morgan fingerprint density at radius 3 is 2.55 bits per heavy atom. The fourth-order valence-electron chi connectivity index (χ4n) is 5.36. The largest absolute Gasteiger partial charge is 0.455 e. The average Bonchev–Trinajstić information content (AvgIpc) is 3.57. The van der Waals surface area contributed by atoms with Crippen LogP contribution in [0.4, 0.5) is 10.1 Å². The summed E-state index contributed by atoms with van der Waals surface area (Å²) in [7, 11) is -2.26. The maximum Gasteiger partial charge on any atom is 0.260 e. The highest BCUT2D eigenvalue weighted by atomic mass is 32.2. The molecule has 0 amide bonds. The number of nitrogens with one attached hydrogen (secondary N) is 2. The van der Waals surface area contributed by atoms with E-state index in [4.69, 9.17) is 4.42 Å². The number of anilines is 1. The summed E-state index contributed by atoms with van der Waals surface area (Å²) in [5, 5.41) is 11.5. The highest BCUT2D eigenvalue weighted by Crippen LogP contribution is 2.40. The molecule has 7 aromatic rings. The molecule has 11 heteroatoms. The van der Waals surface area contributed by atoms with E-state index in [-0.39, 0.29) is 16.5 Å². The minimum atomic E-state index is -3.70. The number of H-pyrrole nitrogens is 2. The number of sulfonamides is 1. The van der Waals surface area contributed by atoms with Crippen molar-refractivity contribution in [2.24, 2.45) is 0 Å². The van der Waals surface area contributed by atoms with Gasteiger partial charge < -0.3 is 14.4 Å². The lowest BCUT2D eigenvalue weighted by Crippen LogP contribution is -2.25. The summed E-state index contributed by atoms with van der Waals surface area (Å²) >= 11 is 0. The van der Waals surface area contributed by atoms with Gasteiger partial charge in [-0.25, -0.2) is 12.8 Å². The number of furan rings is 1. The van der Waals surface area contributed by atoms with Gasteiger partial charge in [0.1, 0.15) is 17.0 Å². The number of aromatic nitrogens is 3. The van der Waals surface area contributed by atoms with Gasteiger partial charge in [-0.05, 0) is 48.5 Å². The molecule has 0 radical (unpaired) electrons. The van der Waals surface area contributed by atoms with E-state index in [1.54, 1.807) is 36.7 Å². The average molecular weight is 578 g/mol. The van der Waals surface area contributed by atoms with Crippen LogP contribution in [0.5, 0.6) is 0 Å². The second kappa shape index (κ2) is 9.02. The second-order valence-corrected chi connectivity index (χ2v) is 12.1. The van der Waals surface area contributed by atoms with Crippen LogP contribution in [0, 0.1) is 17.1 Å². The van der Waals surface area contributed by atoms with Gasteiger partial charge in [-0.2, -0.15) is 5.26 Å². The van der Waals surface area contributed by atoms with Gasteiger partial charge in [0.05, 0.1) is 34.5 Å². The molecule has 0 atom stereocenters. The Kier molecular flexibility index (Phi) is 5.48. The summed E-state index contributed by atoms with van der Waals surface area (Å²) in [6.07, 6.45) is 4.37. The van der Waals surface area contributed by atoms with Gasteiger partial charge in [0.15, 0.2) is 0 Å². The Bertz CT molecular complexity index is 2470. The maximum atomic E-state index is 13.9. The number of hydrogen-bond acceptors (Lipinski definition) is 6. The van der Waals surface area contributed by atoms with E-state index >= 15 is 0 Å². The molecule has 0 aliphatic carbocycles. The summed E-state index contributed by atoms with van der Waals surface area (Å²) in [5.74, 6) is -0.501. The Hall–Kier alpha value is -5.47. The first kappa shape index (κ1) is 25.5. The highest BCUT2D eigenvalue weighted by Gasteiger charge is 2.23. The van der Waals surface area contributed by atoms with Crippen LogP contribution in [0.2, 0.25) is 0 Å². The number of fused-ring (bicyclic) bond motifs is 6. The van der Waals surface area contributed by atoms with Crippen LogP contribution in [0.1, 0.15) is 5.56 Å². The first-order chi connectivity index (χ1) is 20.1. The van der Waals surface area contributed by atoms with E-state index in [1.165, 1.54) is 25.2 Å². The normalized spacial score (nSPS) is 12.0. The van der Waals surface area contributed by atoms with E-state index < -0.39 is 21.4 Å². The second-order valence-electron chi connectivity index (χ2n) is 10.1. The predicted molar refractivity (Wildman–Crippen MR) is 160 cm³/mol. The van der Waals surface area contributed by atoms with E-state index in [0.29, 0.717) is 44.3 Å². The summed E-state index contributed by atoms with van der Waals surface area (Å²) in [6.45, 7) is 0. The topological polar surface area (TPSA) is 136 Å². The smallest absolute Gasteiger partial charge is 0.260 e. The van der Waals surface area contributed by atoms with Crippen molar-refractivity contribution in [2.45, 2.75) is 0 Å². The third-order valence-corrected chi connectivity index (χ3v) is 8.68. The molecule has 3 aromatic carbocycles. The zero-order valence-corrected chi connectivity index (χ0v) is 23.0. The minimum absolute atomic E-state index is 0.266. The van der Waals surface area contributed by atoms with Gasteiger partial charge >= 0.3 is 0 Å². The molecule has 0 aliphatic rings. The number of nitrogens with zero attached hydrogens (tertiary/aromatic N) is 3. The SMILES string of the molecule is CN(c1cc2oc3c4ccc(F)cc4[nH]c(=O)c3c2cc1-c1cncc(-c2cc3c(C#N)cccc3[nH]2)c1)S(C)(=O)=O. The fourth-order valence-corrected chi connectivity index (χ4v) is 5.87. The molecule has 4 heterocycles. The molecule has 0 saturated carbocycles. The summed E-state index contributed by atoms with van der Waals surface area (Å²) in [4.78, 5) is 23.7. The third-order valence-electron chi connectivity index (χ3n) is 7.49. The van der Waals surface area contributed by atoms with Crippen LogP contribution in [-0.4, -0.2) is 36.7 Å². The zero-order valence-electron chi connectivity index (χ0n) is 22.2. The van der Waals surface area contributed by atoms with Crippen LogP contribution >= 0.6 is 0 Å². The first-order valence-corrected chi connectivity index (χ1v) is 14.6. The lowest BCUT2D eigenvalue weighted by atomic mass is 10.00. The number of hydrogen-bond donors (Lipinski definition) is 2. The molecule has 0 bridgehead atoms. The highest BCUT2D eigenvalue weighted by molar-refractivity contribution is 7.92. The predicted octanol–water partition coefficient (Wildman–Crippen LogP) is 6.04. The van der Waals surface area contributed by atoms with Crippen molar-refractivity contribution < 1.29 is 17.2 Å². The van der Waals surface area contributed by atoms with Crippen molar-refractivity contribution >= 4 is 59.5 Å². The number of nitriles is 1. The molecule has 42 heavy (non-hydrogen) atoms. The number of halogens is 1. The molecule has 0 spiro atoms. The molecule has 9 nitrogen and oxygen atoms in total. The zero-order chi connectivity index (χ0) is 29.3. The van der Waals surface area contributed by atoms with Crippen LogP contribution in [0.25, 0.3) is 66.1 Å². The van der Waals surface area contributed by atoms with E-state index in [2.05, 4.69) is 21.0 Å². The standard InChI is InChI=1S/C31H20FN5O4S/c1-37(42(2,39)40)27-12-28-23(29-30(41-28)20-7-6-19(32)9-26(20)36-31(29)38)10-22(27)17-8-18(15-34-14-17)25-11-21-16(13-33)4-3-5-24(21)35-25/h3-12,14-15,35H,1-2H3,(H,36,38). The fraction of sp³-hybridized carbons (Fsp3) is 0.0645. The van der Waals surface area contributed by atoms with Crippen molar-refractivity contribution in [1.29, 1.82) is 5.26 Å². The number of aromatic amines is 2. The number of pyridine rings is 2. The van der Waals surface area contributed by atoms with Crippen molar-refractivity contribution in [3.63, 3.8) is 0 Å². The van der Waals surface area contributed by atoms with Crippen LogP contribution < -0.4 is 9.86 Å². The van der Waals surface area contributed by atoms with E-state index in [9.17, 15) is 22.9 Å². The molecule has 2 N–H and O–H groups in total. The Morgan fingerprint density at radius 1 is 0.952 bits per heavy atom. The summed E-state index contributed by atoms with van der Waals surface area (Å²) in [6, 6.07) is 18.7. The molecule has 4 aromatic heterocycles. The van der Waals surface area contributed by atoms with Crippen LogP contribution in [0.15, 0.2) is 82.3 Å². The molecular formula is C31H20FN5O4S. The third kappa shape index (κ3) is 3.92. The monoisotopic (exact) mass is 577 g/mol. The number of rotatable bonds is 4. The first-order valence-electron chi connectivity index (χ1n) is 12.8. The van der Waals surface area contributed by atoms with Crippen LogP contribution in [0.3, 0.4) is 0 Å². The van der Waals surface area contributed by atoms with Crippen molar-refractivity contribution in [2.75, 3.05) is 17.6 Å². The molecule has 0 aliphatic heterocycles. The van der Waals surface area contributed by atoms with Gasteiger partial charge in [-0.3, -0.25) is 14.1 Å². The molecule has 0 saturated heterocycles. The van der Waals surface area contributed by atoms with E-state index in [0.717, 1.165) is 27.2 Å². The molecule has 7 rings (SSSR count). The number of benzene rings is 3.